The number of hydrogen-bond acceptors (Lipinski definition) is 4. The smallest absolute Gasteiger partial charge is 0.173 e. The van der Waals surface area contributed by atoms with Crippen LogP contribution in [0.3, 0.4) is 0 Å². The lowest BCUT2D eigenvalue weighted by Gasteiger charge is -2.15. The summed E-state index contributed by atoms with van der Waals surface area (Å²) in [5.41, 5.74) is 0.797. The van der Waals surface area contributed by atoms with Crippen LogP contribution in [0, 0.1) is 9.49 Å². The third kappa shape index (κ3) is 3.67. The van der Waals surface area contributed by atoms with Crippen molar-refractivity contribution in [3.05, 3.63) is 32.6 Å². The van der Waals surface area contributed by atoms with Gasteiger partial charge in [-0.1, -0.05) is 25.4 Å². The van der Waals surface area contributed by atoms with Crippen molar-refractivity contribution in [2.24, 2.45) is 5.92 Å². The van der Waals surface area contributed by atoms with Crippen LogP contribution in [0.5, 0.6) is 0 Å². The number of halogens is 2. The fourth-order valence-corrected chi connectivity index (χ4v) is 2.73. The number of tetrazole rings is 1. The molecule has 5 nitrogen and oxygen atoms in total. The topological polar surface area (TPSA) is 55.6 Å². The van der Waals surface area contributed by atoms with Gasteiger partial charge in [0.1, 0.15) is 0 Å². The van der Waals surface area contributed by atoms with Crippen molar-refractivity contribution in [1.82, 2.24) is 25.5 Å². The van der Waals surface area contributed by atoms with Gasteiger partial charge in [0, 0.05) is 3.57 Å². The third-order valence-corrected chi connectivity index (χ3v) is 3.82. The number of nitrogens with one attached hydrogen (secondary N) is 1. The Hall–Kier alpha value is -0.730. The van der Waals surface area contributed by atoms with Crippen LogP contribution in [0.1, 0.15) is 32.6 Å². The van der Waals surface area contributed by atoms with E-state index in [0.717, 1.165) is 21.6 Å². The molecule has 1 unspecified atom stereocenters. The van der Waals surface area contributed by atoms with Gasteiger partial charge in [0.2, 0.25) is 0 Å². The molecule has 1 atom stereocenters. The molecular formula is C13H17ClIN5. The second-order valence-electron chi connectivity index (χ2n) is 5.07. The first-order valence-electron chi connectivity index (χ1n) is 6.46. The maximum atomic E-state index is 6.28. The summed E-state index contributed by atoms with van der Waals surface area (Å²) < 4.78 is 2.77. The molecule has 2 rings (SSSR count). The van der Waals surface area contributed by atoms with Gasteiger partial charge in [-0.25, -0.2) is 0 Å². The lowest BCUT2D eigenvalue weighted by atomic mass is 10.2. The minimum atomic E-state index is 0.0581. The molecule has 1 N–H and O–H groups in total. The molecule has 0 radical (unpaired) electrons. The fraction of sp³-hybridized carbons (Fsp3) is 0.462. The van der Waals surface area contributed by atoms with Crippen molar-refractivity contribution in [3.8, 4) is 5.69 Å². The third-order valence-electron chi connectivity index (χ3n) is 2.85. The molecule has 20 heavy (non-hydrogen) atoms. The van der Waals surface area contributed by atoms with Gasteiger partial charge < -0.3 is 5.32 Å². The van der Waals surface area contributed by atoms with Gasteiger partial charge in [-0.3, -0.25) is 0 Å². The molecule has 0 aliphatic heterocycles. The molecule has 0 saturated carbocycles. The van der Waals surface area contributed by atoms with Gasteiger partial charge in [0.15, 0.2) is 5.82 Å². The highest BCUT2D eigenvalue weighted by atomic mass is 127. The van der Waals surface area contributed by atoms with Crippen molar-refractivity contribution < 1.29 is 0 Å². The van der Waals surface area contributed by atoms with E-state index in [1.165, 1.54) is 0 Å². The summed E-state index contributed by atoms with van der Waals surface area (Å²) in [5.74, 6) is 1.33. The maximum absolute atomic E-state index is 6.28. The van der Waals surface area contributed by atoms with Crippen molar-refractivity contribution in [1.29, 1.82) is 0 Å². The molecule has 0 aliphatic carbocycles. The normalized spacial score (nSPS) is 12.9. The number of benzene rings is 1. The summed E-state index contributed by atoms with van der Waals surface area (Å²) in [4.78, 5) is 0. The van der Waals surface area contributed by atoms with Crippen LogP contribution in [0.25, 0.3) is 5.69 Å². The quantitative estimate of drug-likeness (QED) is 0.776. The Morgan fingerprint density at radius 1 is 1.35 bits per heavy atom. The highest BCUT2D eigenvalue weighted by molar-refractivity contribution is 14.1. The Morgan fingerprint density at radius 3 is 2.75 bits per heavy atom. The number of nitrogens with zero attached hydrogens (tertiary/aromatic N) is 4. The molecule has 1 aromatic heterocycles. The first-order valence-corrected chi connectivity index (χ1v) is 7.91. The van der Waals surface area contributed by atoms with Crippen LogP contribution >= 0.6 is 34.2 Å². The maximum Gasteiger partial charge on any atom is 0.173 e. The Labute approximate surface area is 137 Å². The standard InChI is InChI=1S/C13H17ClIN5/c1-8(2)7-16-9(3)13-17-18-19-20(13)12-5-4-10(15)6-11(12)14/h4-6,8-9,16H,7H2,1-3H3. The van der Waals surface area contributed by atoms with Crippen LogP contribution in [0.4, 0.5) is 0 Å². The summed E-state index contributed by atoms with van der Waals surface area (Å²) in [5, 5.41) is 16.0. The highest BCUT2D eigenvalue weighted by Gasteiger charge is 2.17. The van der Waals surface area contributed by atoms with E-state index in [-0.39, 0.29) is 6.04 Å². The van der Waals surface area contributed by atoms with E-state index in [2.05, 4.69) is 57.3 Å². The van der Waals surface area contributed by atoms with E-state index in [0.29, 0.717) is 10.9 Å². The van der Waals surface area contributed by atoms with E-state index < -0.39 is 0 Å². The lowest BCUT2D eigenvalue weighted by Crippen LogP contribution is -2.25. The second-order valence-corrected chi connectivity index (χ2v) is 6.72. The van der Waals surface area contributed by atoms with Gasteiger partial charge in [-0.05, 0) is 70.6 Å². The largest absolute Gasteiger partial charge is 0.307 e. The fourth-order valence-electron chi connectivity index (χ4n) is 1.79. The molecule has 7 heteroatoms. The summed E-state index contributed by atoms with van der Waals surface area (Å²) >= 11 is 8.51. The Balaban J connectivity index is 2.28. The second kappa shape index (κ2) is 6.82. The van der Waals surface area contributed by atoms with E-state index >= 15 is 0 Å². The first kappa shape index (κ1) is 15.7. The van der Waals surface area contributed by atoms with Crippen molar-refractivity contribution in [2.45, 2.75) is 26.8 Å². The van der Waals surface area contributed by atoms with E-state index in [4.69, 9.17) is 11.6 Å². The van der Waals surface area contributed by atoms with Crippen molar-refractivity contribution >= 4 is 34.2 Å². The molecule has 1 aromatic carbocycles. The Morgan fingerprint density at radius 2 is 2.10 bits per heavy atom. The van der Waals surface area contributed by atoms with Crippen LogP contribution in [-0.4, -0.2) is 26.8 Å². The minimum absolute atomic E-state index is 0.0581. The van der Waals surface area contributed by atoms with Crippen LogP contribution in [-0.2, 0) is 0 Å². The Kier molecular flexibility index (Phi) is 5.34. The molecule has 0 spiro atoms. The Bertz CT molecular complexity index is 584. The molecule has 0 fully saturated rings. The van der Waals surface area contributed by atoms with E-state index in [1.54, 1.807) is 4.68 Å². The van der Waals surface area contributed by atoms with Crippen LogP contribution in [0.2, 0.25) is 5.02 Å². The molecule has 0 amide bonds. The summed E-state index contributed by atoms with van der Waals surface area (Å²) in [6, 6.07) is 5.87. The average Bonchev–Trinajstić information content (AvgIpc) is 2.85. The van der Waals surface area contributed by atoms with Crippen LogP contribution < -0.4 is 5.32 Å². The minimum Gasteiger partial charge on any atom is -0.307 e. The molecular weight excluding hydrogens is 389 g/mol. The molecule has 108 valence electrons. The predicted molar refractivity (Wildman–Crippen MR) is 88.1 cm³/mol. The van der Waals surface area contributed by atoms with Gasteiger partial charge in [-0.15, -0.1) is 5.10 Å². The monoisotopic (exact) mass is 405 g/mol. The first-order chi connectivity index (χ1) is 9.49. The number of rotatable bonds is 5. The van der Waals surface area contributed by atoms with Crippen molar-refractivity contribution in [2.75, 3.05) is 6.54 Å². The molecule has 2 aromatic rings. The molecule has 0 saturated heterocycles. The van der Waals surface area contributed by atoms with Gasteiger partial charge in [0.25, 0.3) is 0 Å². The van der Waals surface area contributed by atoms with Gasteiger partial charge in [-0.2, -0.15) is 4.68 Å². The summed E-state index contributed by atoms with van der Waals surface area (Å²) in [7, 11) is 0. The van der Waals surface area contributed by atoms with E-state index in [9.17, 15) is 0 Å². The van der Waals surface area contributed by atoms with Crippen LogP contribution in [0.15, 0.2) is 18.2 Å². The SMILES string of the molecule is CC(C)CNC(C)c1nnnn1-c1ccc(I)cc1Cl. The number of hydrogen-bond donors (Lipinski definition) is 1. The zero-order valence-corrected chi connectivity index (χ0v) is 14.6. The van der Waals surface area contributed by atoms with E-state index in [1.807, 2.05) is 25.1 Å². The zero-order valence-electron chi connectivity index (χ0n) is 11.6. The summed E-state index contributed by atoms with van der Waals surface area (Å²) in [6.07, 6.45) is 0. The highest BCUT2D eigenvalue weighted by Crippen LogP contribution is 2.24. The molecule has 0 aliphatic rings. The lowest BCUT2D eigenvalue weighted by molar-refractivity contribution is 0.475. The molecule has 0 bridgehead atoms. The zero-order chi connectivity index (χ0) is 14.7. The summed E-state index contributed by atoms with van der Waals surface area (Å²) in [6.45, 7) is 7.29. The predicted octanol–water partition coefficient (Wildman–Crippen LogP) is 3.23. The van der Waals surface area contributed by atoms with Crippen molar-refractivity contribution in [3.63, 3.8) is 0 Å². The van der Waals surface area contributed by atoms with Gasteiger partial charge in [0.05, 0.1) is 16.8 Å². The average molecular weight is 406 g/mol. The molecule has 1 heterocycles. The number of aromatic nitrogens is 4. The van der Waals surface area contributed by atoms with Gasteiger partial charge >= 0.3 is 0 Å².